The molecule has 0 radical (unpaired) electrons. The number of rotatable bonds is 8. The van der Waals surface area contributed by atoms with Crippen molar-refractivity contribution in [3.8, 4) is 58.0 Å². The number of aromatic amines is 3. The molecule has 0 amide bonds. The van der Waals surface area contributed by atoms with E-state index in [-0.39, 0.29) is 5.82 Å². The number of nitrogens with zero attached hydrogens (tertiary/aromatic N) is 12. The largest absolute Gasteiger partial charge is 0.360 e. The van der Waals surface area contributed by atoms with E-state index >= 15 is 0 Å². The molecule has 14 aromatic rings. The maximum Gasteiger partial charge on any atom is 0.204 e. The predicted octanol–water partition coefficient (Wildman–Crippen LogP) is 12.3. The lowest BCUT2D eigenvalue weighted by atomic mass is 10.2. The number of carbonyl (C=O) groups is 3. The minimum Gasteiger partial charge on any atom is -0.360 e. The Morgan fingerprint density at radius 2 is 0.819 bits per heavy atom. The van der Waals surface area contributed by atoms with Crippen LogP contribution in [0.4, 0.5) is 4.39 Å². The van der Waals surface area contributed by atoms with Crippen molar-refractivity contribution in [3.05, 3.63) is 258 Å². The Labute approximate surface area is 471 Å². The van der Waals surface area contributed by atoms with Gasteiger partial charge in [0.2, 0.25) is 11.6 Å². The van der Waals surface area contributed by atoms with Gasteiger partial charge < -0.3 is 18.7 Å². The number of para-hydroxylation sites is 4. The van der Waals surface area contributed by atoms with Crippen LogP contribution in [-0.2, 0) is 0 Å². The van der Waals surface area contributed by atoms with Gasteiger partial charge in [0, 0.05) is 96.7 Å². The van der Waals surface area contributed by atoms with Crippen LogP contribution in [-0.4, -0.2) is 78.8 Å². The highest BCUT2D eigenvalue weighted by Gasteiger charge is 2.13. The summed E-state index contributed by atoms with van der Waals surface area (Å²) in [7, 11) is 0. The molecule has 0 aliphatic heterocycles. The van der Waals surface area contributed by atoms with Crippen LogP contribution in [0.1, 0.15) is 47.8 Å². The molecule has 3 N–H and O–H groups in total. The number of hydrogen-bond acceptors (Lipinski definition) is 12. The molecule has 6 heterocycles. The van der Waals surface area contributed by atoms with Gasteiger partial charge in [0.05, 0.1) is 45.4 Å². The molecule has 398 valence electrons. The predicted molar refractivity (Wildman–Crippen MR) is 311 cm³/mol. The lowest BCUT2D eigenvalue weighted by Gasteiger charge is -2.05. The highest BCUT2D eigenvalue weighted by atomic mass is 19.1. The Morgan fingerprint density at radius 3 is 1.25 bits per heavy atom. The minimum absolute atomic E-state index is 0.311. The van der Waals surface area contributed by atoms with Gasteiger partial charge in [-0.3, -0.25) is 14.4 Å². The minimum atomic E-state index is -0.311. The first kappa shape index (κ1) is 53.9. The van der Waals surface area contributed by atoms with Gasteiger partial charge in [-0.1, -0.05) is 72.8 Å². The first-order valence-electron chi connectivity index (χ1n) is 25.3. The number of aromatic nitrogens is 12. The van der Waals surface area contributed by atoms with Gasteiger partial charge in [-0.2, -0.15) is 26.2 Å². The zero-order valence-electron chi connectivity index (χ0n) is 43.5. The molecule has 0 saturated heterocycles. The van der Waals surface area contributed by atoms with Gasteiger partial charge in [0.15, 0.2) is 18.9 Å². The number of nitrogens with one attached hydrogen (secondary N) is 3. The molecular formula is C64H42FN15O3. The Balaban J connectivity index is 0.000000120. The highest BCUT2D eigenvalue weighted by molar-refractivity contribution is 6.00. The van der Waals surface area contributed by atoms with E-state index in [4.69, 9.17) is 10.5 Å². The van der Waals surface area contributed by atoms with Crippen LogP contribution in [0.15, 0.2) is 219 Å². The standard InChI is InChI=1S/C16H10N6.C16H11N5O.C16H10N2O.C9H7NO.C7H4FN/c17-9-12-10-22(15-4-2-1-3-14(12)15)13-7-5-11(6-8-13)16-18-20-21-19-16;22-10-12-9-21(15-4-2-1-3-14(12)15)13-7-5-11(6-8-13)16-17-19-20-18-16;17-9-12-5-7-14(8-6-12)18-10-13(11-19)15-3-1-2-4-16(15)18;11-6-7-5-10-9-4-2-1-3-8(7)9;8-7-3-1-6(5-9)2-4-7/h1-8,10H,(H,18,19,20,21);1-10H,(H,17,18,19,20);1-8,10-11H;1-6,10H;1-4H. The van der Waals surface area contributed by atoms with Crippen LogP contribution in [0.3, 0.4) is 0 Å². The number of carbonyl (C=O) groups excluding carboxylic acids is 3. The summed E-state index contributed by atoms with van der Waals surface area (Å²) in [5.74, 6) is 0.799. The van der Waals surface area contributed by atoms with Gasteiger partial charge >= 0.3 is 0 Å². The first-order chi connectivity index (χ1) is 40.8. The number of hydrogen-bond donors (Lipinski definition) is 3. The normalized spacial score (nSPS) is 10.3. The molecule has 0 unspecified atom stereocenters. The summed E-state index contributed by atoms with van der Waals surface area (Å²) in [5, 5.41) is 58.0. The second kappa shape index (κ2) is 25.3. The molecule has 14 rings (SSSR count). The summed E-state index contributed by atoms with van der Waals surface area (Å²) in [6, 6.07) is 65.7. The second-order valence-electron chi connectivity index (χ2n) is 18.0. The molecule has 8 aromatic carbocycles. The van der Waals surface area contributed by atoms with Crippen LogP contribution < -0.4 is 0 Å². The molecule has 0 saturated carbocycles. The summed E-state index contributed by atoms with van der Waals surface area (Å²) in [6.45, 7) is 0. The van der Waals surface area contributed by atoms with E-state index in [2.05, 4.69) is 58.4 Å². The van der Waals surface area contributed by atoms with Gasteiger partial charge in [0.1, 0.15) is 11.9 Å². The zero-order chi connectivity index (χ0) is 57.5. The Bertz CT molecular complexity index is 4660. The van der Waals surface area contributed by atoms with E-state index in [9.17, 15) is 24.0 Å². The average molecular weight is 1090 g/mol. The quantitative estimate of drug-likeness (QED) is 0.120. The molecular weight excluding hydrogens is 1050 g/mol. The molecule has 0 fully saturated rings. The smallest absolute Gasteiger partial charge is 0.204 e. The Kier molecular flexibility index (Phi) is 16.4. The fourth-order valence-electron chi connectivity index (χ4n) is 9.03. The molecule has 18 nitrogen and oxygen atoms in total. The lowest BCUT2D eigenvalue weighted by molar-refractivity contribution is 0.111. The van der Waals surface area contributed by atoms with E-state index in [0.717, 1.165) is 96.2 Å². The van der Waals surface area contributed by atoms with Crippen LogP contribution in [0.25, 0.3) is 83.4 Å². The zero-order valence-corrected chi connectivity index (χ0v) is 43.5. The van der Waals surface area contributed by atoms with E-state index in [1.807, 2.05) is 196 Å². The lowest BCUT2D eigenvalue weighted by Crippen LogP contribution is -1.92. The van der Waals surface area contributed by atoms with Gasteiger partial charge in [0.25, 0.3) is 0 Å². The maximum atomic E-state index is 12.1. The molecule has 0 spiro atoms. The molecule has 83 heavy (non-hydrogen) atoms. The van der Waals surface area contributed by atoms with E-state index in [0.29, 0.717) is 39.5 Å². The third kappa shape index (κ3) is 12.0. The Hall–Kier alpha value is -12.5. The molecule has 0 aliphatic carbocycles. The number of nitriles is 3. The van der Waals surface area contributed by atoms with Crippen molar-refractivity contribution in [1.82, 2.24) is 59.9 Å². The average Bonchev–Trinajstić information content (AvgIpc) is 4.52. The summed E-state index contributed by atoms with van der Waals surface area (Å²) in [5.41, 5.74) is 12.5. The van der Waals surface area contributed by atoms with Crippen molar-refractivity contribution in [2.24, 2.45) is 0 Å². The summed E-state index contributed by atoms with van der Waals surface area (Å²) < 4.78 is 18.1. The Morgan fingerprint density at radius 1 is 0.422 bits per heavy atom. The topological polar surface area (TPSA) is 262 Å². The van der Waals surface area contributed by atoms with E-state index < -0.39 is 0 Å². The first-order valence-corrected chi connectivity index (χ1v) is 25.3. The van der Waals surface area contributed by atoms with Crippen molar-refractivity contribution in [3.63, 3.8) is 0 Å². The number of H-pyrrole nitrogens is 3. The summed E-state index contributed by atoms with van der Waals surface area (Å²) >= 11 is 0. The van der Waals surface area contributed by atoms with Gasteiger partial charge in [-0.05, 0) is 132 Å². The molecule has 0 aliphatic rings. The van der Waals surface area contributed by atoms with Gasteiger partial charge in [-0.25, -0.2) is 4.39 Å². The van der Waals surface area contributed by atoms with Crippen molar-refractivity contribution >= 4 is 62.5 Å². The van der Waals surface area contributed by atoms with Crippen LogP contribution in [0.2, 0.25) is 0 Å². The summed E-state index contributed by atoms with van der Waals surface area (Å²) in [4.78, 5) is 35.8. The number of halogens is 1. The fourth-order valence-corrected chi connectivity index (χ4v) is 9.03. The van der Waals surface area contributed by atoms with Crippen LogP contribution in [0.5, 0.6) is 0 Å². The third-order valence-corrected chi connectivity index (χ3v) is 13.1. The number of tetrazole rings is 2. The van der Waals surface area contributed by atoms with E-state index in [1.165, 1.54) is 24.3 Å². The number of fused-ring (bicyclic) bond motifs is 4. The molecule has 0 bridgehead atoms. The maximum absolute atomic E-state index is 12.1. The molecule has 6 aromatic heterocycles. The van der Waals surface area contributed by atoms with Crippen LogP contribution >= 0.6 is 0 Å². The highest BCUT2D eigenvalue weighted by Crippen LogP contribution is 2.28. The van der Waals surface area contributed by atoms with Crippen molar-refractivity contribution in [1.29, 1.82) is 15.8 Å². The van der Waals surface area contributed by atoms with Crippen LogP contribution in [0, 0.1) is 39.8 Å². The van der Waals surface area contributed by atoms with Gasteiger partial charge in [-0.15, -0.1) is 20.4 Å². The monoisotopic (exact) mass is 1090 g/mol. The second-order valence-corrected chi connectivity index (χ2v) is 18.0. The summed E-state index contributed by atoms with van der Waals surface area (Å²) in [6.07, 6.45) is 9.85. The SMILES string of the molecule is N#Cc1ccc(-n2cc(C=O)c3ccccc32)cc1.N#Cc1ccc(F)cc1.N#Cc1cn(-c2ccc(-c3nn[nH]n3)cc2)c2ccccc12.O=Cc1c[nH]c2ccccc12.O=Cc1cn(-c2ccc(-c3nn[nH]n3)cc2)c2ccccc12. The van der Waals surface area contributed by atoms with Crippen molar-refractivity contribution < 1.29 is 18.8 Å². The van der Waals surface area contributed by atoms with E-state index in [1.54, 1.807) is 18.3 Å². The fraction of sp³-hybridized carbons (Fsp3) is 0. The van der Waals surface area contributed by atoms with Crippen molar-refractivity contribution in [2.75, 3.05) is 0 Å². The molecule has 19 heteroatoms. The third-order valence-electron chi connectivity index (χ3n) is 13.1. The number of aldehydes is 3. The molecule has 0 atom stereocenters. The van der Waals surface area contributed by atoms with Crippen molar-refractivity contribution in [2.45, 2.75) is 0 Å². The number of benzene rings is 8.